The highest BCUT2D eigenvalue weighted by atomic mass is 16.5. The number of amides is 1. The molecular formula is C25H26N4O4. The predicted octanol–water partition coefficient (Wildman–Crippen LogP) is 4.08. The van der Waals surface area contributed by atoms with Crippen molar-refractivity contribution in [3.05, 3.63) is 48.7 Å². The van der Waals surface area contributed by atoms with Gasteiger partial charge >= 0.3 is 0 Å². The molecule has 0 radical (unpaired) electrons. The summed E-state index contributed by atoms with van der Waals surface area (Å²) in [5, 5.41) is 5.67. The van der Waals surface area contributed by atoms with Gasteiger partial charge in [-0.3, -0.25) is 4.79 Å². The Balaban J connectivity index is 1.15. The molecule has 2 fully saturated rings. The van der Waals surface area contributed by atoms with E-state index in [0.29, 0.717) is 24.9 Å². The molecule has 8 heteroatoms. The van der Waals surface area contributed by atoms with E-state index in [9.17, 15) is 4.79 Å². The number of furan rings is 1. The van der Waals surface area contributed by atoms with E-state index >= 15 is 0 Å². The minimum Gasteiger partial charge on any atom is -0.477 e. The molecule has 0 spiro atoms. The van der Waals surface area contributed by atoms with Crippen molar-refractivity contribution < 1.29 is 18.7 Å². The summed E-state index contributed by atoms with van der Waals surface area (Å²) in [6.07, 6.45) is 6.12. The number of carbonyl (C=O) groups excluding carboxylic acids is 1. The monoisotopic (exact) mass is 446 g/mol. The third-order valence-electron chi connectivity index (χ3n) is 6.58. The molecule has 2 aliphatic heterocycles. The van der Waals surface area contributed by atoms with E-state index in [2.05, 4.69) is 10.1 Å². The average Bonchev–Trinajstić information content (AvgIpc) is 3.64. The second-order valence-corrected chi connectivity index (χ2v) is 8.70. The van der Waals surface area contributed by atoms with Gasteiger partial charge in [0, 0.05) is 37.1 Å². The van der Waals surface area contributed by atoms with Crippen molar-refractivity contribution in [2.75, 3.05) is 19.8 Å². The number of hydrogen-bond acceptors (Lipinski definition) is 6. The number of benzene rings is 1. The first-order valence-electron chi connectivity index (χ1n) is 11.6. The van der Waals surface area contributed by atoms with Gasteiger partial charge in [0.05, 0.1) is 12.8 Å². The number of para-hydroxylation sites is 1. The molecule has 1 aromatic carbocycles. The lowest BCUT2D eigenvalue weighted by Crippen LogP contribution is -2.42. The van der Waals surface area contributed by atoms with Crippen LogP contribution in [0, 0.1) is 0 Å². The number of rotatable bonds is 6. The molecule has 0 aliphatic carbocycles. The minimum absolute atomic E-state index is 0.142. The predicted molar refractivity (Wildman–Crippen MR) is 122 cm³/mol. The van der Waals surface area contributed by atoms with Crippen molar-refractivity contribution >= 4 is 22.5 Å². The van der Waals surface area contributed by atoms with Crippen molar-refractivity contribution in [2.24, 2.45) is 0 Å². The van der Waals surface area contributed by atoms with E-state index in [-0.39, 0.29) is 18.1 Å². The van der Waals surface area contributed by atoms with E-state index in [1.54, 1.807) is 10.7 Å². The largest absolute Gasteiger partial charge is 0.477 e. The first-order valence-corrected chi connectivity index (χ1v) is 11.6. The van der Waals surface area contributed by atoms with Gasteiger partial charge in [-0.15, -0.1) is 5.10 Å². The summed E-state index contributed by atoms with van der Waals surface area (Å²) in [6.45, 7) is 1.99. The number of carbonyl (C=O) groups is 1. The first kappa shape index (κ1) is 20.2. The first-order chi connectivity index (χ1) is 16.3. The summed E-state index contributed by atoms with van der Waals surface area (Å²) in [6, 6.07) is 13.8. The molecule has 5 heterocycles. The second kappa shape index (κ2) is 8.51. The summed E-state index contributed by atoms with van der Waals surface area (Å²) in [5.74, 6) is 1.37. The van der Waals surface area contributed by atoms with Gasteiger partial charge in [-0.2, -0.15) is 0 Å². The van der Waals surface area contributed by atoms with Crippen LogP contribution in [0.3, 0.4) is 0 Å². The summed E-state index contributed by atoms with van der Waals surface area (Å²) in [5.41, 5.74) is 2.33. The van der Waals surface area contributed by atoms with E-state index in [1.807, 2.05) is 47.4 Å². The highest BCUT2D eigenvalue weighted by molar-refractivity contribution is 5.82. The smallest absolute Gasteiger partial charge is 0.251 e. The normalized spacial score (nSPS) is 20.8. The molecule has 8 nitrogen and oxygen atoms in total. The molecule has 1 amide bonds. The minimum atomic E-state index is -0.256. The molecule has 3 aromatic heterocycles. The Hall–Kier alpha value is -3.39. The van der Waals surface area contributed by atoms with Crippen LogP contribution in [-0.2, 0) is 9.53 Å². The Bertz CT molecular complexity index is 1260. The summed E-state index contributed by atoms with van der Waals surface area (Å²) < 4.78 is 19.3. The molecule has 0 saturated carbocycles. The van der Waals surface area contributed by atoms with Crippen molar-refractivity contribution in [3.8, 4) is 17.3 Å². The Morgan fingerprint density at radius 3 is 2.97 bits per heavy atom. The Labute approximate surface area is 191 Å². The molecule has 2 saturated heterocycles. The molecule has 170 valence electrons. The molecule has 2 unspecified atom stereocenters. The van der Waals surface area contributed by atoms with Crippen molar-refractivity contribution in [1.82, 2.24) is 19.5 Å². The maximum atomic E-state index is 12.8. The number of aromatic nitrogens is 3. The van der Waals surface area contributed by atoms with Gasteiger partial charge in [-0.05, 0) is 43.9 Å². The highest BCUT2D eigenvalue weighted by Gasteiger charge is 2.34. The van der Waals surface area contributed by atoms with Gasteiger partial charge < -0.3 is 18.8 Å². The molecule has 2 atom stereocenters. The molecule has 33 heavy (non-hydrogen) atoms. The average molecular weight is 447 g/mol. The molecule has 6 rings (SSSR count). The number of likely N-dealkylation sites (tertiary alicyclic amines) is 1. The van der Waals surface area contributed by atoms with Crippen LogP contribution in [0.25, 0.3) is 28.1 Å². The van der Waals surface area contributed by atoms with Gasteiger partial charge in [0.25, 0.3) is 5.91 Å². The van der Waals surface area contributed by atoms with Crippen molar-refractivity contribution in [1.29, 1.82) is 0 Å². The van der Waals surface area contributed by atoms with Crippen molar-refractivity contribution in [2.45, 2.75) is 44.2 Å². The van der Waals surface area contributed by atoms with Crippen LogP contribution < -0.4 is 4.74 Å². The van der Waals surface area contributed by atoms with Gasteiger partial charge in [0.15, 0.2) is 11.4 Å². The summed E-state index contributed by atoms with van der Waals surface area (Å²) >= 11 is 0. The maximum Gasteiger partial charge on any atom is 0.251 e. The molecule has 0 N–H and O–H groups in total. The van der Waals surface area contributed by atoms with Crippen LogP contribution in [-0.4, -0.2) is 57.3 Å². The van der Waals surface area contributed by atoms with E-state index < -0.39 is 0 Å². The molecule has 4 aromatic rings. The fourth-order valence-corrected chi connectivity index (χ4v) is 4.89. The van der Waals surface area contributed by atoms with Gasteiger partial charge in [-0.25, -0.2) is 9.50 Å². The molecule has 2 aliphatic rings. The molecular weight excluding hydrogens is 420 g/mol. The topological polar surface area (TPSA) is 82.1 Å². The zero-order valence-electron chi connectivity index (χ0n) is 18.4. The van der Waals surface area contributed by atoms with Crippen molar-refractivity contribution in [3.63, 3.8) is 0 Å². The lowest BCUT2D eigenvalue weighted by atomic mass is 10.1. The summed E-state index contributed by atoms with van der Waals surface area (Å²) in [4.78, 5) is 19.2. The fourth-order valence-electron chi connectivity index (χ4n) is 4.89. The lowest BCUT2D eigenvalue weighted by Gasteiger charge is -2.27. The Morgan fingerprint density at radius 1 is 1.15 bits per heavy atom. The number of hydrogen-bond donors (Lipinski definition) is 0. The third-order valence-corrected chi connectivity index (χ3v) is 6.58. The van der Waals surface area contributed by atoms with Gasteiger partial charge in [0.2, 0.25) is 5.88 Å². The van der Waals surface area contributed by atoms with Crippen LogP contribution in [0.4, 0.5) is 0 Å². The Kier molecular flexibility index (Phi) is 5.22. The Morgan fingerprint density at radius 2 is 2.09 bits per heavy atom. The number of nitrogens with zero attached hydrogens (tertiary/aromatic N) is 4. The van der Waals surface area contributed by atoms with Crippen LogP contribution in [0.2, 0.25) is 0 Å². The zero-order chi connectivity index (χ0) is 22.2. The number of imidazole rings is 1. The van der Waals surface area contributed by atoms with Crippen LogP contribution in [0.5, 0.6) is 5.88 Å². The van der Waals surface area contributed by atoms with Gasteiger partial charge in [-0.1, -0.05) is 18.2 Å². The zero-order valence-corrected chi connectivity index (χ0v) is 18.4. The second-order valence-electron chi connectivity index (χ2n) is 8.70. The van der Waals surface area contributed by atoms with Crippen LogP contribution >= 0.6 is 0 Å². The number of ether oxygens (including phenoxy) is 2. The number of fused-ring (bicyclic) bond motifs is 2. The van der Waals surface area contributed by atoms with E-state index in [1.165, 1.54) is 0 Å². The quantitative estimate of drug-likeness (QED) is 0.444. The fraction of sp³-hybridized carbons (Fsp3) is 0.400. The summed E-state index contributed by atoms with van der Waals surface area (Å²) in [7, 11) is 0. The van der Waals surface area contributed by atoms with E-state index in [0.717, 1.165) is 61.0 Å². The van der Waals surface area contributed by atoms with Gasteiger partial charge in [0.1, 0.15) is 17.4 Å². The van der Waals surface area contributed by atoms with Crippen LogP contribution in [0.1, 0.15) is 32.1 Å². The lowest BCUT2D eigenvalue weighted by molar-refractivity contribution is -0.141. The van der Waals surface area contributed by atoms with E-state index in [4.69, 9.17) is 13.9 Å². The third kappa shape index (κ3) is 3.84. The maximum absolute atomic E-state index is 12.8. The molecule has 0 bridgehead atoms. The highest BCUT2D eigenvalue weighted by Crippen LogP contribution is 2.29. The van der Waals surface area contributed by atoms with Crippen LogP contribution in [0.15, 0.2) is 53.1 Å². The standard InChI is InChI=1S/C25H26N4O4/c30-25(21-8-4-13-31-21)28-12-3-6-18(28)11-14-32-24-10-9-23-26-16-19(29(23)27-24)22-15-17-5-1-2-7-20(17)33-22/h1-2,5,7,9-10,15-16,18,21H,3-4,6,8,11-14H2. The SMILES string of the molecule is O=C(C1CCCO1)N1CCCC1CCOc1ccc2ncc(-c3cc4ccccc4o3)n2n1.